The van der Waals surface area contributed by atoms with Gasteiger partial charge in [-0.3, -0.25) is 0 Å². The van der Waals surface area contributed by atoms with E-state index in [1.54, 1.807) is 0 Å². The van der Waals surface area contributed by atoms with Gasteiger partial charge in [0.05, 0.1) is 0 Å². The van der Waals surface area contributed by atoms with Gasteiger partial charge in [0, 0.05) is 0 Å². The van der Waals surface area contributed by atoms with Crippen LogP contribution in [-0.4, -0.2) is 6.61 Å². The SMILES string of the molecule is CC#CCOc1ccc(C(C)C)cc1. The highest BCUT2D eigenvalue weighted by atomic mass is 16.5. The van der Waals surface area contributed by atoms with Crippen LogP contribution in [0.2, 0.25) is 0 Å². The van der Waals surface area contributed by atoms with Crippen molar-refractivity contribution >= 4 is 0 Å². The Labute approximate surface area is 86.1 Å². The Kier molecular flexibility index (Phi) is 4.07. The fraction of sp³-hybridized carbons (Fsp3) is 0.385. The number of hydrogen-bond donors (Lipinski definition) is 0. The molecule has 0 unspecified atom stereocenters. The van der Waals surface area contributed by atoms with Crippen LogP contribution in [0.4, 0.5) is 0 Å². The molecule has 0 saturated heterocycles. The van der Waals surface area contributed by atoms with Crippen LogP contribution in [0.15, 0.2) is 24.3 Å². The molecule has 0 saturated carbocycles. The summed E-state index contributed by atoms with van der Waals surface area (Å²) in [6, 6.07) is 8.18. The second kappa shape index (κ2) is 5.34. The lowest BCUT2D eigenvalue weighted by Gasteiger charge is -2.06. The molecule has 0 spiro atoms. The first-order valence-electron chi connectivity index (χ1n) is 4.86. The van der Waals surface area contributed by atoms with E-state index in [9.17, 15) is 0 Å². The second-order valence-corrected chi connectivity index (χ2v) is 3.44. The van der Waals surface area contributed by atoms with Crippen LogP contribution >= 0.6 is 0 Å². The van der Waals surface area contributed by atoms with E-state index in [-0.39, 0.29) is 0 Å². The maximum Gasteiger partial charge on any atom is 0.149 e. The summed E-state index contributed by atoms with van der Waals surface area (Å²) in [7, 11) is 0. The summed E-state index contributed by atoms with van der Waals surface area (Å²) in [5, 5.41) is 0. The summed E-state index contributed by atoms with van der Waals surface area (Å²) in [5.41, 5.74) is 1.33. The van der Waals surface area contributed by atoms with Crippen molar-refractivity contribution in [2.24, 2.45) is 0 Å². The Morgan fingerprint density at radius 2 is 1.86 bits per heavy atom. The molecule has 0 heterocycles. The molecule has 0 N–H and O–H groups in total. The maximum absolute atomic E-state index is 5.41. The smallest absolute Gasteiger partial charge is 0.149 e. The quantitative estimate of drug-likeness (QED) is 0.662. The fourth-order valence-corrected chi connectivity index (χ4v) is 1.14. The molecule has 0 aromatic heterocycles. The van der Waals surface area contributed by atoms with E-state index in [1.165, 1.54) is 5.56 Å². The van der Waals surface area contributed by atoms with Gasteiger partial charge in [-0.1, -0.05) is 31.9 Å². The Morgan fingerprint density at radius 3 is 2.36 bits per heavy atom. The molecule has 0 aliphatic carbocycles. The molecule has 0 radical (unpaired) electrons. The Bertz CT molecular complexity index is 324. The first-order chi connectivity index (χ1) is 6.74. The maximum atomic E-state index is 5.41. The number of benzene rings is 1. The monoisotopic (exact) mass is 188 g/mol. The van der Waals surface area contributed by atoms with Gasteiger partial charge >= 0.3 is 0 Å². The predicted molar refractivity (Wildman–Crippen MR) is 59.5 cm³/mol. The largest absolute Gasteiger partial charge is 0.481 e. The molecule has 1 aromatic rings. The fourth-order valence-electron chi connectivity index (χ4n) is 1.14. The van der Waals surface area contributed by atoms with Crippen molar-refractivity contribution in [2.45, 2.75) is 26.7 Å². The molecular weight excluding hydrogens is 172 g/mol. The van der Waals surface area contributed by atoms with Crippen molar-refractivity contribution in [3.8, 4) is 17.6 Å². The second-order valence-electron chi connectivity index (χ2n) is 3.44. The highest BCUT2D eigenvalue weighted by molar-refractivity contribution is 5.29. The minimum absolute atomic E-state index is 0.470. The summed E-state index contributed by atoms with van der Waals surface area (Å²) < 4.78 is 5.41. The molecule has 0 aliphatic rings. The summed E-state index contributed by atoms with van der Waals surface area (Å²) in [6.07, 6.45) is 0. The van der Waals surface area contributed by atoms with E-state index in [1.807, 2.05) is 19.1 Å². The van der Waals surface area contributed by atoms with E-state index < -0.39 is 0 Å². The van der Waals surface area contributed by atoms with Gasteiger partial charge in [0.25, 0.3) is 0 Å². The molecule has 0 fully saturated rings. The molecule has 1 heteroatoms. The van der Waals surface area contributed by atoms with E-state index in [0.29, 0.717) is 12.5 Å². The molecule has 0 atom stereocenters. The van der Waals surface area contributed by atoms with Gasteiger partial charge in [-0.05, 0) is 30.5 Å². The third kappa shape index (κ3) is 3.14. The predicted octanol–water partition coefficient (Wildman–Crippen LogP) is 3.21. The van der Waals surface area contributed by atoms with Crippen LogP contribution in [-0.2, 0) is 0 Å². The van der Waals surface area contributed by atoms with Crippen molar-refractivity contribution in [3.63, 3.8) is 0 Å². The van der Waals surface area contributed by atoms with Gasteiger partial charge in [0.1, 0.15) is 12.4 Å². The molecule has 1 aromatic carbocycles. The van der Waals surface area contributed by atoms with Gasteiger partial charge in [-0.15, -0.1) is 5.92 Å². The van der Waals surface area contributed by atoms with Crippen LogP contribution in [0.5, 0.6) is 5.75 Å². The molecule has 0 amide bonds. The van der Waals surface area contributed by atoms with Crippen LogP contribution in [0.3, 0.4) is 0 Å². The normalized spacial score (nSPS) is 9.43. The van der Waals surface area contributed by atoms with Gasteiger partial charge in [-0.2, -0.15) is 0 Å². The number of rotatable bonds is 3. The van der Waals surface area contributed by atoms with Crippen molar-refractivity contribution in [1.82, 2.24) is 0 Å². The van der Waals surface area contributed by atoms with E-state index in [2.05, 4.69) is 37.8 Å². The summed E-state index contributed by atoms with van der Waals surface area (Å²) in [4.78, 5) is 0. The minimum Gasteiger partial charge on any atom is -0.481 e. The summed E-state index contributed by atoms with van der Waals surface area (Å²) in [5.74, 6) is 7.11. The van der Waals surface area contributed by atoms with Crippen molar-refractivity contribution in [2.75, 3.05) is 6.61 Å². The topological polar surface area (TPSA) is 9.23 Å². The van der Waals surface area contributed by atoms with Crippen LogP contribution in [0.25, 0.3) is 0 Å². The van der Waals surface area contributed by atoms with Crippen molar-refractivity contribution in [1.29, 1.82) is 0 Å². The number of hydrogen-bond acceptors (Lipinski definition) is 1. The zero-order chi connectivity index (χ0) is 10.4. The summed E-state index contributed by atoms with van der Waals surface area (Å²) in [6.45, 7) is 6.64. The third-order valence-corrected chi connectivity index (χ3v) is 2.03. The third-order valence-electron chi connectivity index (χ3n) is 2.03. The average molecular weight is 188 g/mol. The standard InChI is InChI=1S/C13H16O/c1-4-5-10-14-13-8-6-12(7-9-13)11(2)3/h6-9,11H,10H2,1-3H3. The van der Waals surface area contributed by atoms with Gasteiger partial charge < -0.3 is 4.74 Å². The number of ether oxygens (including phenoxy) is 1. The Morgan fingerprint density at radius 1 is 1.21 bits per heavy atom. The average Bonchev–Trinajstić information content (AvgIpc) is 2.19. The molecule has 1 rings (SSSR count). The molecular formula is C13H16O. The molecule has 74 valence electrons. The van der Waals surface area contributed by atoms with Gasteiger partial charge in [0.15, 0.2) is 0 Å². The lowest BCUT2D eigenvalue weighted by Crippen LogP contribution is -1.94. The zero-order valence-corrected chi connectivity index (χ0v) is 9.00. The van der Waals surface area contributed by atoms with Crippen LogP contribution in [0, 0.1) is 11.8 Å². The lowest BCUT2D eigenvalue weighted by molar-refractivity contribution is 0.370. The molecule has 14 heavy (non-hydrogen) atoms. The van der Waals surface area contributed by atoms with Gasteiger partial charge in [-0.25, -0.2) is 0 Å². The van der Waals surface area contributed by atoms with Crippen molar-refractivity contribution < 1.29 is 4.74 Å². The lowest BCUT2D eigenvalue weighted by atomic mass is 10.0. The Balaban J connectivity index is 2.58. The van der Waals surface area contributed by atoms with Gasteiger partial charge in [0.2, 0.25) is 0 Å². The first kappa shape index (κ1) is 10.7. The first-order valence-corrected chi connectivity index (χ1v) is 4.86. The zero-order valence-electron chi connectivity index (χ0n) is 9.00. The molecule has 1 nitrogen and oxygen atoms in total. The minimum atomic E-state index is 0.470. The van der Waals surface area contributed by atoms with Crippen LogP contribution in [0.1, 0.15) is 32.3 Å². The highest BCUT2D eigenvalue weighted by Gasteiger charge is 1.98. The summed E-state index contributed by atoms with van der Waals surface area (Å²) >= 11 is 0. The van der Waals surface area contributed by atoms with E-state index in [4.69, 9.17) is 4.74 Å². The molecule has 0 aliphatic heterocycles. The van der Waals surface area contributed by atoms with Crippen LogP contribution < -0.4 is 4.74 Å². The Hall–Kier alpha value is -1.42. The molecule has 0 bridgehead atoms. The highest BCUT2D eigenvalue weighted by Crippen LogP contribution is 2.18. The van der Waals surface area contributed by atoms with E-state index in [0.717, 1.165) is 5.75 Å². The van der Waals surface area contributed by atoms with E-state index >= 15 is 0 Å². The van der Waals surface area contributed by atoms with Crippen molar-refractivity contribution in [3.05, 3.63) is 29.8 Å².